The normalized spacial score (nSPS) is 11.3. The molecule has 5 rings (SSSR count). The number of hydrogen-bond donors (Lipinski definition) is 0. The molecule has 0 aliphatic rings. The Morgan fingerprint density at radius 1 is 0.667 bits per heavy atom. The highest BCUT2D eigenvalue weighted by molar-refractivity contribution is 9.10. The van der Waals surface area contributed by atoms with Gasteiger partial charge < -0.3 is 0 Å². The highest BCUT2D eigenvalue weighted by Crippen LogP contribution is 2.40. The quantitative estimate of drug-likeness (QED) is 0.240. The van der Waals surface area contributed by atoms with Crippen LogP contribution in [0.5, 0.6) is 0 Å². The van der Waals surface area contributed by atoms with E-state index in [1.165, 1.54) is 31.3 Å². The van der Waals surface area contributed by atoms with E-state index in [1.807, 2.05) is 23.6 Å². The average molecular weight is 495 g/mol. The summed E-state index contributed by atoms with van der Waals surface area (Å²) >= 11 is 8.95. The number of benzene rings is 3. The largest absolute Gasteiger partial charge is 0.255 e. The second-order valence-corrected chi connectivity index (χ2v) is 9.25. The van der Waals surface area contributed by atoms with E-state index in [9.17, 15) is 0 Å². The van der Waals surface area contributed by atoms with E-state index in [1.54, 1.807) is 0 Å². The fourth-order valence-electron chi connectivity index (χ4n) is 3.39. The van der Waals surface area contributed by atoms with Gasteiger partial charge in [0.15, 0.2) is 0 Å². The maximum Gasteiger partial charge on any atom is 0.0880 e. The molecular weight excluding hydrogens is 482 g/mol. The van der Waals surface area contributed by atoms with E-state index in [-0.39, 0.29) is 0 Å². The molecule has 0 atom stereocenters. The Kier molecular flexibility index (Phi) is 4.35. The Bertz CT molecular complexity index is 1310. The van der Waals surface area contributed by atoms with Crippen molar-refractivity contribution in [1.82, 2.24) is 4.98 Å². The van der Waals surface area contributed by atoms with Crippen molar-refractivity contribution >= 4 is 63.4 Å². The molecule has 130 valence electrons. The summed E-state index contributed by atoms with van der Waals surface area (Å²) in [5.41, 5.74) is 4.61. The Labute approximate surface area is 178 Å². The topological polar surface area (TPSA) is 12.9 Å². The maximum absolute atomic E-state index is 4.69. The van der Waals surface area contributed by atoms with Crippen molar-refractivity contribution in [3.05, 3.63) is 87.9 Å². The third-order valence-electron chi connectivity index (χ3n) is 4.64. The second kappa shape index (κ2) is 6.86. The molecule has 0 spiro atoms. The van der Waals surface area contributed by atoms with E-state index in [2.05, 4.69) is 104 Å². The third kappa shape index (κ3) is 3.12. The van der Waals surface area contributed by atoms with Crippen molar-refractivity contribution in [3.63, 3.8) is 0 Å². The molecule has 3 aromatic carbocycles. The Morgan fingerprint density at radius 2 is 1.37 bits per heavy atom. The Morgan fingerprint density at radius 3 is 2.15 bits per heavy atom. The molecule has 0 N–H and O–H groups in total. The van der Waals surface area contributed by atoms with Gasteiger partial charge in [0.1, 0.15) is 0 Å². The first-order valence-corrected chi connectivity index (χ1v) is 10.9. The molecule has 0 radical (unpaired) electrons. The summed E-state index contributed by atoms with van der Waals surface area (Å²) < 4.78 is 4.68. The number of pyridine rings is 1. The zero-order valence-corrected chi connectivity index (χ0v) is 18.1. The molecule has 0 aliphatic carbocycles. The van der Waals surface area contributed by atoms with Crippen LogP contribution in [0, 0.1) is 0 Å². The van der Waals surface area contributed by atoms with Crippen molar-refractivity contribution in [2.24, 2.45) is 0 Å². The van der Waals surface area contributed by atoms with Gasteiger partial charge in [0.25, 0.3) is 0 Å². The first kappa shape index (κ1) is 17.1. The van der Waals surface area contributed by atoms with Crippen LogP contribution in [0.3, 0.4) is 0 Å². The molecule has 0 saturated carbocycles. The highest BCUT2D eigenvalue weighted by atomic mass is 79.9. The van der Waals surface area contributed by atoms with Gasteiger partial charge in [-0.25, -0.2) is 0 Å². The summed E-state index contributed by atoms with van der Waals surface area (Å²) in [5, 5.41) is 2.54. The molecule has 0 fully saturated rings. The van der Waals surface area contributed by atoms with Crippen LogP contribution in [0.15, 0.2) is 87.9 Å². The highest BCUT2D eigenvalue weighted by Gasteiger charge is 2.12. The van der Waals surface area contributed by atoms with Crippen LogP contribution in [-0.4, -0.2) is 4.98 Å². The average Bonchev–Trinajstić information content (AvgIpc) is 3.06. The van der Waals surface area contributed by atoms with Crippen molar-refractivity contribution in [1.29, 1.82) is 0 Å². The zero-order chi connectivity index (χ0) is 18.4. The van der Waals surface area contributed by atoms with Gasteiger partial charge in [0.05, 0.1) is 10.4 Å². The van der Waals surface area contributed by atoms with Gasteiger partial charge in [-0.2, -0.15) is 0 Å². The van der Waals surface area contributed by atoms with Gasteiger partial charge >= 0.3 is 0 Å². The molecule has 4 heteroatoms. The minimum atomic E-state index is 1.04. The monoisotopic (exact) mass is 493 g/mol. The molecule has 0 saturated heterocycles. The van der Waals surface area contributed by atoms with Gasteiger partial charge in [-0.3, -0.25) is 4.98 Å². The lowest BCUT2D eigenvalue weighted by Crippen LogP contribution is -1.83. The van der Waals surface area contributed by atoms with E-state index >= 15 is 0 Å². The lowest BCUT2D eigenvalue weighted by atomic mass is 10.0. The molecule has 2 heterocycles. The van der Waals surface area contributed by atoms with Gasteiger partial charge in [0, 0.05) is 36.2 Å². The van der Waals surface area contributed by atoms with Crippen molar-refractivity contribution in [2.45, 2.75) is 0 Å². The SMILES string of the molecule is Brc1cccc(-c2ccc3sc4c(-c5cccc(Br)c5)nccc4c3c2)c1. The Balaban J connectivity index is 1.75. The molecule has 5 aromatic rings. The minimum absolute atomic E-state index is 1.04. The standard InChI is InChI=1S/C23H13Br2NS/c24-17-5-1-3-14(11-17)15-7-8-21-20(13-15)19-9-10-26-22(23(19)27-21)16-4-2-6-18(25)12-16/h1-13H. The lowest BCUT2D eigenvalue weighted by molar-refractivity contribution is 1.36. The van der Waals surface area contributed by atoms with Crippen LogP contribution < -0.4 is 0 Å². The molecule has 0 bridgehead atoms. The number of rotatable bonds is 2. The second-order valence-electron chi connectivity index (χ2n) is 6.37. The summed E-state index contributed by atoms with van der Waals surface area (Å²) in [4.78, 5) is 4.69. The van der Waals surface area contributed by atoms with Crippen molar-refractivity contribution in [2.75, 3.05) is 0 Å². The van der Waals surface area contributed by atoms with Gasteiger partial charge in [-0.05, 0) is 53.6 Å². The summed E-state index contributed by atoms with van der Waals surface area (Å²) in [6, 6.07) is 25.6. The van der Waals surface area contributed by atoms with Gasteiger partial charge in [-0.15, -0.1) is 11.3 Å². The summed E-state index contributed by atoms with van der Waals surface area (Å²) in [5.74, 6) is 0. The number of halogens is 2. The molecule has 1 nitrogen and oxygen atoms in total. The predicted molar refractivity (Wildman–Crippen MR) is 123 cm³/mol. The fraction of sp³-hybridized carbons (Fsp3) is 0. The summed E-state index contributed by atoms with van der Waals surface area (Å²) in [7, 11) is 0. The summed E-state index contributed by atoms with van der Waals surface area (Å²) in [6.45, 7) is 0. The van der Waals surface area contributed by atoms with Crippen LogP contribution in [0.25, 0.3) is 42.6 Å². The van der Waals surface area contributed by atoms with Crippen LogP contribution in [0.2, 0.25) is 0 Å². The number of hydrogen-bond acceptors (Lipinski definition) is 2. The van der Waals surface area contributed by atoms with Crippen LogP contribution >= 0.6 is 43.2 Å². The van der Waals surface area contributed by atoms with E-state index in [0.29, 0.717) is 0 Å². The van der Waals surface area contributed by atoms with Crippen molar-refractivity contribution in [3.8, 4) is 22.4 Å². The zero-order valence-electron chi connectivity index (χ0n) is 14.1. The van der Waals surface area contributed by atoms with Crippen LogP contribution in [-0.2, 0) is 0 Å². The molecule has 0 unspecified atom stereocenters. The van der Waals surface area contributed by atoms with Gasteiger partial charge in [0.2, 0.25) is 0 Å². The lowest BCUT2D eigenvalue weighted by Gasteiger charge is -2.04. The predicted octanol–water partition coefficient (Wildman–Crippen LogP) is 8.31. The van der Waals surface area contributed by atoms with Gasteiger partial charge in [-0.1, -0.05) is 62.2 Å². The van der Waals surface area contributed by atoms with Crippen LogP contribution in [0.1, 0.15) is 0 Å². The third-order valence-corrected chi connectivity index (χ3v) is 6.82. The number of nitrogens with zero attached hydrogens (tertiary/aromatic N) is 1. The number of thiophene rings is 1. The molecular formula is C23H13Br2NS. The molecule has 0 aliphatic heterocycles. The number of aromatic nitrogens is 1. The Hall–Kier alpha value is -2.01. The smallest absolute Gasteiger partial charge is 0.0880 e. The fourth-order valence-corrected chi connectivity index (χ4v) is 5.38. The summed E-state index contributed by atoms with van der Waals surface area (Å²) in [6.07, 6.45) is 1.91. The molecule has 2 aromatic heterocycles. The van der Waals surface area contributed by atoms with E-state index < -0.39 is 0 Å². The van der Waals surface area contributed by atoms with E-state index in [4.69, 9.17) is 0 Å². The molecule has 0 amide bonds. The first-order chi connectivity index (χ1) is 13.2. The first-order valence-electron chi connectivity index (χ1n) is 8.52. The van der Waals surface area contributed by atoms with Crippen LogP contribution in [0.4, 0.5) is 0 Å². The maximum atomic E-state index is 4.69. The minimum Gasteiger partial charge on any atom is -0.255 e. The van der Waals surface area contributed by atoms with E-state index in [0.717, 1.165) is 20.2 Å². The number of fused-ring (bicyclic) bond motifs is 3. The molecule has 27 heavy (non-hydrogen) atoms. The van der Waals surface area contributed by atoms with Crippen molar-refractivity contribution < 1.29 is 0 Å².